The molecule has 0 fully saturated rings. The van der Waals surface area contributed by atoms with Crippen LogP contribution in [0.4, 0.5) is 11.6 Å². The zero-order chi connectivity index (χ0) is 16.1. The third-order valence-corrected chi connectivity index (χ3v) is 3.29. The number of nitriles is 1. The molecule has 0 bridgehead atoms. The van der Waals surface area contributed by atoms with E-state index in [9.17, 15) is 5.26 Å². The van der Waals surface area contributed by atoms with E-state index in [4.69, 9.17) is 6.42 Å². The number of rotatable bonds is 3. The molecule has 1 N–H and O–H groups in total. The molecule has 0 radical (unpaired) electrons. The Kier molecular flexibility index (Phi) is 4.00. The fourth-order valence-electron chi connectivity index (χ4n) is 2.15. The predicted molar refractivity (Wildman–Crippen MR) is 89.8 cm³/mol. The van der Waals surface area contributed by atoms with Crippen LogP contribution in [-0.2, 0) is 0 Å². The summed E-state index contributed by atoms with van der Waals surface area (Å²) in [4.78, 5) is 8.53. The maximum Gasteiger partial charge on any atom is 0.149 e. The molecule has 4 nitrogen and oxygen atoms in total. The van der Waals surface area contributed by atoms with Gasteiger partial charge in [-0.05, 0) is 23.8 Å². The normalized spacial score (nSPS) is 9.65. The molecule has 0 unspecified atom stereocenters. The average Bonchev–Trinajstić information content (AvgIpc) is 2.63. The van der Waals surface area contributed by atoms with Crippen molar-refractivity contribution in [1.29, 1.82) is 5.26 Å². The first-order valence-electron chi connectivity index (χ1n) is 6.95. The standard InChI is InChI=1S/C19H12N4/c1-2-14-8-9-21-18(10-14)23-19-16(12-20)11-17(13-22-19)15-6-4-3-5-7-15/h1,3-11,13H,(H,21,22,23). The van der Waals surface area contributed by atoms with Gasteiger partial charge in [-0.2, -0.15) is 5.26 Å². The van der Waals surface area contributed by atoms with Crippen LogP contribution < -0.4 is 5.32 Å². The number of aromatic nitrogens is 2. The van der Waals surface area contributed by atoms with Crippen LogP contribution in [0.2, 0.25) is 0 Å². The van der Waals surface area contributed by atoms with Crippen LogP contribution in [0.25, 0.3) is 11.1 Å². The molecule has 1 aromatic carbocycles. The first-order valence-corrected chi connectivity index (χ1v) is 6.95. The van der Waals surface area contributed by atoms with Gasteiger partial charge in [0.15, 0.2) is 0 Å². The second kappa shape index (κ2) is 6.43. The molecule has 0 atom stereocenters. The smallest absolute Gasteiger partial charge is 0.149 e. The summed E-state index contributed by atoms with van der Waals surface area (Å²) in [5, 5.41) is 12.4. The first-order chi connectivity index (χ1) is 11.3. The average molecular weight is 296 g/mol. The van der Waals surface area contributed by atoms with Gasteiger partial charge in [-0.3, -0.25) is 0 Å². The molecule has 2 aromatic heterocycles. The minimum atomic E-state index is 0.444. The Bertz CT molecular complexity index is 918. The van der Waals surface area contributed by atoms with Crippen molar-refractivity contribution < 1.29 is 0 Å². The maximum atomic E-state index is 9.39. The zero-order valence-electron chi connectivity index (χ0n) is 12.2. The predicted octanol–water partition coefficient (Wildman–Crippen LogP) is 3.74. The van der Waals surface area contributed by atoms with E-state index in [1.807, 2.05) is 30.3 Å². The van der Waals surface area contributed by atoms with Gasteiger partial charge in [-0.1, -0.05) is 36.3 Å². The second-order valence-corrected chi connectivity index (χ2v) is 4.80. The Morgan fingerprint density at radius 1 is 1.00 bits per heavy atom. The summed E-state index contributed by atoms with van der Waals surface area (Å²) >= 11 is 0. The van der Waals surface area contributed by atoms with Crippen molar-refractivity contribution in [2.45, 2.75) is 0 Å². The summed E-state index contributed by atoms with van der Waals surface area (Å²) in [6.45, 7) is 0. The summed E-state index contributed by atoms with van der Waals surface area (Å²) in [6, 6.07) is 17.2. The second-order valence-electron chi connectivity index (χ2n) is 4.80. The highest BCUT2D eigenvalue weighted by Crippen LogP contribution is 2.24. The summed E-state index contributed by atoms with van der Waals surface area (Å²) in [6.07, 6.45) is 8.72. The molecule has 3 aromatic rings. The summed E-state index contributed by atoms with van der Waals surface area (Å²) in [5.74, 6) is 3.55. The van der Waals surface area contributed by atoms with Crippen LogP contribution in [0.5, 0.6) is 0 Å². The van der Waals surface area contributed by atoms with Crippen LogP contribution in [0, 0.1) is 23.7 Å². The highest BCUT2D eigenvalue weighted by molar-refractivity contribution is 5.69. The molecule has 3 rings (SSSR count). The number of terminal acetylenes is 1. The van der Waals surface area contributed by atoms with E-state index in [0.717, 1.165) is 11.1 Å². The minimum Gasteiger partial charge on any atom is -0.324 e. The number of benzene rings is 1. The van der Waals surface area contributed by atoms with Crippen molar-refractivity contribution in [3.8, 4) is 29.5 Å². The van der Waals surface area contributed by atoms with Crippen LogP contribution >= 0.6 is 0 Å². The van der Waals surface area contributed by atoms with Crippen LogP contribution in [0.15, 0.2) is 60.9 Å². The van der Waals surface area contributed by atoms with Crippen molar-refractivity contribution in [3.63, 3.8) is 0 Å². The van der Waals surface area contributed by atoms with Crippen molar-refractivity contribution >= 4 is 11.6 Å². The van der Waals surface area contributed by atoms with Crippen LogP contribution in [0.3, 0.4) is 0 Å². The van der Waals surface area contributed by atoms with Crippen molar-refractivity contribution in [3.05, 3.63) is 72.1 Å². The Hall–Kier alpha value is -3.63. The number of nitrogens with zero attached hydrogens (tertiary/aromatic N) is 3. The summed E-state index contributed by atoms with van der Waals surface area (Å²) in [5.41, 5.74) is 3.05. The van der Waals surface area contributed by atoms with Gasteiger partial charge in [0.1, 0.15) is 17.7 Å². The molecule has 0 saturated heterocycles. The fourth-order valence-corrected chi connectivity index (χ4v) is 2.15. The Labute approximate surface area is 134 Å². The van der Waals surface area contributed by atoms with E-state index < -0.39 is 0 Å². The third kappa shape index (κ3) is 3.18. The lowest BCUT2D eigenvalue weighted by Gasteiger charge is -2.08. The van der Waals surface area contributed by atoms with Crippen molar-refractivity contribution in [2.24, 2.45) is 0 Å². The van der Waals surface area contributed by atoms with Crippen molar-refractivity contribution in [2.75, 3.05) is 5.32 Å². The van der Waals surface area contributed by atoms with Gasteiger partial charge in [0.2, 0.25) is 0 Å². The molecule has 0 aliphatic carbocycles. The molecule has 0 aliphatic rings. The minimum absolute atomic E-state index is 0.444. The largest absolute Gasteiger partial charge is 0.324 e. The maximum absolute atomic E-state index is 9.39. The number of nitrogens with one attached hydrogen (secondary N) is 1. The van der Waals surface area contributed by atoms with Gasteiger partial charge in [-0.25, -0.2) is 9.97 Å². The molecule has 0 aliphatic heterocycles. The van der Waals surface area contributed by atoms with Gasteiger partial charge < -0.3 is 5.32 Å². The zero-order valence-corrected chi connectivity index (χ0v) is 12.2. The van der Waals surface area contributed by atoms with Crippen molar-refractivity contribution in [1.82, 2.24) is 9.97 Å². The van der Waals surface area contributed by atoms with Gasteiger partial charge in [-0.15, -0.1) is 6.42 Å². The summed E-state index contributed by atoms with van der Waals surface area (Å²) < 4.78 is 0. The number of hydrogen-bond acceptors (Lipinski definition) is 4. The Morgan fingerprint density at radius 3 is 2.57 bits per heavy atom. The molecule has 0 saturated carbocycles. The Morgan fingerprint density at radius 2 is 1.83 bits per heavy atom. The van der Waals surface area contributed by atoms with E-state index in [1.165, 1.54) is 0 Å². The summed E-state index contributed by atoms with van der Waals surface area (Å²) in [7, 11) is 0. The van der Waals surface area contributed by atoms with Gasteiger partial charge >= 0.3 is 0 Å². The number of hydrogen-bond donors (Lipinski definition) is 1. The number of anilines is 2. The lowest BCUT2D eigenvalue weighted by atomic mass is 10.1. The SMILES string of the molecule is C#Cc1ccnc(Nc2ncc(-c3ccccc3)cc2C#N)c1. The lowest BCUT2D eigenvalue weighted by molar-refractivity contribution is 1.24. The highest BCUT2D eigenvalue weighted by atomic mass is 15.1. The molecule has 4 heteroatoms. The molecule has 0 amide bonds. The lowest BCUT2D eigenvalue weighted by Crippen LogP contribution is -1.99. The van der Waals surface area contributed by atoms with E-state index in [2.05, 4.69) is 27.3 Å². The van der Waals surface area contributed by atoms with Gasteiger partial charge in [0.25, 0.3) is 0 Å². The molecule has 0 spiro atoms. The molecule has 2 heterocycles. The van der Waals surface area contributed by atoms with Crippen LogP contribution in [0.1, 0.15) is 11.1 Å². The molecule has 23 heavy (non-hydrogen) atoms. The molecule has 108 valence electrons. The van der Waals surface area contributed by atoms with Gasteiger partial charge in [0.05, 0.1) is 5.56 Å². The van der Waals surface area contributed by atoms with E-state index in [0.29, 0.717) is 22.8 Å². The monoisotopic (exact) mass is 296 g/mol. The Balaban J connectivity index is 1.95. The third-order valence-electron chi connectivity index (χ3n) is 3.29. The fraction of sp³-hybridized carbons (Fsp3) is 0. The topological polar surface area (TPSA) is 61.6 Å². The molecular formula is C19H12N4. The first kappa shape index (κ1) is 14.3. The van der Waals surface area contributed by atoms with E-state index >= 15 is 0 Å². The molecular weight excluding hydrogens is 284 g/mol. The highest BCUT2D eigenvalue weighted by Gasteiger charge is 2.08. The number of pyridine rings is 2. The van der Waals surface area contributed by atoms with E-state index in [1.54, 1.807) is 30.6 Å². The van der Waals surface area contributed by atoms with Gasteiger partial charge in [0, 0.05) is 23.5 Å². The quantitative estimate of drug-likeness (QED) is 0.748. The van der Waals surface area contributed by atoms with E-state index in [-0.39, 0.29) is 0 Å². The van der Waals surface area contributed by atoms with Crippen LogP contribution in [-0.4, -0.2) is 9.97 Å².